The lowest BCUT2D eigenvalue weighted by Gasteiger charge is -2.33. The Morgan fingerprint density at radius 1 is 1.20 bits per heavy atom. The molecule has 0 saturated carbocycles. The molecular formula is C18H22ClN3O2S. The molecule has 1 saturated heterocycles. The van der Waals surface area contributed by atoms with Crippen molar-refractivity contribution in [2.45, 2.75) is 18.8 Å². The molecule has 1 aliphatic heterocycles. The molecule has 1 aromatic carbocycles. The number of piperidine rings is 1. The first-order chi connectivity index (χ1) is 11.9. The van der Waals surface area contributed by atoms with E-state index in [1.165, 1.54) is 4.31 Å². The van der Waals surface area contributed by atoms with E-state index >= 15 is 0 Å². The molecule has 134 valence electrons. The molecule has 1 aromatic heterocycles. The van der Waals surface area contributed by atoms with E-state index < -0.39 is 10.2 Å². The second-order valence-corrected chi connectivity index (χ2v) is 9.02. The van der Waals surface area contributed by atoms with Gasteiger partial charge in [0.2, 0.25) is 0 Å². The lowest BCUT2D eigenvalue weighted by molar-refractivity contribution is 0.296. The van der Waals surface area contributed by atoms with Crippen LogP contribution in [0.2, 0.25) is 5.02 Å². The number of hydrogen-bond donors (Lipinski definition) is 0. The molecule has 5 nitrogen and oxygen atoms in total. The van der Waals surface area contributed by atoms with Gasteiger partial charge in [0.05, 0.1) is 5.69 Å². The first-order valence-corrected chi connectivity index (χ1v) is 10.1. The summed E-state index contributed by atoms with van der Waals surface area (Å²) in [6.45, 7) is 1.03. The second-order valence-electron chi connectivity index (χ2n) is 6.45. The van der Waals surface area contributed by atoms with Gasteiger partial charge in [0.15, 0.2) is 0 Å². The first kappa shape index (κ1) is 18.3. The van der Waals surface area contributed by atoms with Gasteiger partial charge in [-0.05, 0) is 37.1 Å². The van der Waals surface area contributed by atoms with Crippen molar-refractivity contribution in [1.82, 2.24) is 13.6 Å². The minimum Gasteiger partial charge on any atom is -0.252 e. The number of rotatable bonds is 4. The minimum atomic E-state index is -3.39. The SMILES string of the molecule is CN(C)S(=O)(=O)N1CCCC(c2cccc(-c3cccc(Cl)c3)n2)C1. The molecule has 0 N–H and O–H groups in total. The van der Waals surface area contributed by atoms with E-state index in [4.69, 9.17) is 16.6 Å². The van der Waals surface area contributed by atoms with Gasteiger partial charge in [-0.1, -0.05) is 29.8 Å². The third kappa shape index (κ3) is 4.03. The molecule has 0 amide bonds. The van der Waals surface area contributed by atoms with Gasteiger partial charge in [0.25, 0.3) is 10.2 Å². The topological polar surface area (TPSA) is 53.5 Å². The smallest absolute Gasteiger partial charge is 0.252 e. The second kappa shape index (κ2) is 7.41. The molecule has 1 fully saturated rings. The lowest BCUT2D eigenvalue weighted by Crippen LogP contribution is -2.45. The lowest BCUT2D eigenvalue weighted by atomic mass is 9.95. The van der Waals surface area contributed by atoms with Crippen LogP contribution in [0.4, 0.5) is 0 Å². The molecule has 0 bridgehead atoms. The van der Waals surface area contributed by atoms with Crippen LogP contribution in [0.5, 0.6) is 0 Å². The van der Waals surface area contributed by atoms with Crippen LogP contribution in [0.1, 0.15) is 24.5 Å². The van der Waals surface area contributed by atoms with Gasteiger partial charge >= 0.3 is 0 Å². The zero-order chi connectivity index (χ0) is 18.0. The summed E-state index contributed by atoms with van der Waals surface area (Å²) in [6.07, 6.45) is 1.77. The Balaban J connectivity index is 1.86. The summed E-state index contributed by atoms with van der Waals surface area (Å²) in [5.74, 6) is 0.0996. The Morgan fingerprint density at radius 2 is 1.96 bits per heavy atom. The molecule has 0 radical (unpaired) electrons. The molecule has 25 heavy (non-hydrogen) atoms. The maximum Gasteiger partial charge on any atom is 0.281 e. The third-order valence-electron chi connectivity index (χ3n) is 4.48. The van der Waals surface area contributed by atoms with Crippen LogP contribution in [0, 0.1) is 0 Å². The van der Waals surface area contributed by atoms with Crippen LogP contribution in [0.25, 0.3) is 11.3 Å². The number of nitrogens with zero attached hydrogens (tertiary/aromatic N) is 3. The zero-order valence-electron chi connectivity index (χ0n) is 14.4. The normalized spacial score (nSPS) is 19.3. The van der Waals surface area contributed by atoms with E-state index in [0.717, 1.165) is 29.8 Å². The standard InChI is InChI=1S/C18H22ClN3O2S/c1-21(2)25(23,24)22-11-5-7-15(13-22)18-10-4-9-17(20-18)14-6-3-8-16(19)12-14/h3-4,6,8-10,12,15H,5,7,11,13H2,1-2H3. The van der Waals surface area contributed by atoms with Gasteiger partial charge in [0.1, 0.15) is 0 Å². The van der Waals surface area contributed by atoms with Crippen LogP contribution in [-0.4, -0.2) is 49.2 Å². The van der Waals surface area contributed by atoms with Gasteiger partial charge in [0, 0.05) is 49.4 Å². The van der Waals surface area contributed by atoms with Crippen LogP contribution >= 0.6 is 11.6 Å². The largest absolute Gasteiger partial charge is 0.281 e. The van der Waals surface area contributed by atoms with Crippen LogP contribution in [0.3, 0.4) is 0 Å². The Labute approximate surface area is 154 Å². The number of aromatic nitrogens is 1. The highest BCUT2D eigenvalue weighted by Crippen LogP contribution is 2.29. The van der Waals surface area contributed by atoms with E-state index in [1.54, 1.807) is 18.4 Å². The van der Waals surface area contributed by atoms with Crippen molar-refractivity contribution in [1.29, 1.82) is 0 Å². The van der Waals surface area contributed by atoms with E-state index in [9.17, 15) is 8.42 Å². The van der Waals surface area contributed by atoms with Crippen molar-refractivity contribution in [3.63, 3.8) is 0 Å². The average molecular weight is 380 g/mol. The third-order valence-corrected chi connectivity index (χ3v) is 6.62. The van der Waals surface area contributed by atoms with Crippen molar-refractivity contribution < 1.29 is 8.42 Å². The van der Waals surface area contributed by atoms with Gasteiger partial charge in [-0.3, -0.25) is 4.98 Å². The van der Waals surface area contributed by atoms with Crippen molar-refractivity contribution in [3.8, 4) is 11.3 Å². The molecule has 1 unspecified atom stereocenters. The van der Waals surface area contributed by atoms with E-state index in [-0.39, 0.29) is 5.92 Å². The van der Waals surface area contributed by atoms with Gasteiger partial charge in [-0.2, -0.15) is 17.0 Å². The monoisotopic (exact) mass is 379 g/mol. The highest BCUT2D eigenvalue weighted by atomic mass is 35.5. The molecule has 1 aliphatic rings. The fourth-order valence-electron chi connectivity index (χ4n) is 3.11. The summed E-state index contributed by atoms with van der Waals surface area (Å²) in [4.78, 5) is 4.78. The maximum absolute atomic E-state index is 12.4. The Hall–Kier alpha value is -1.47. The number of hydrogen-bond acceptors (Lipinski definition) is 3. The van der Waals surface area contributed by atoms with Gasteiger partial charge < -0.3 is 0 Å². The summed E-state index contributed by atoms with van der Waals surface area (Å²) in [5, 5.41) is 0.672. The summed E-state index contributed by atoms with van der Waals surface area (Å²) in [7, 11) is -0.254. The maximum atomic E-state index is 12.4. The van der Waals surface area contributed by atoms with Crippen molar-refractivity contribution in [2.24, 2.45) is 0 Å². The molecule has 7 heteroatoms. The van der Waals surface area contributed by atoms with E-state index in [2.05, 4.69) is 0 Å². The molecule has 0 aliphatic carbocycles. The molecule has 2 aromatic rings. The Bertz CT molecular complexity index is 855. The number of pyridine rings is 1. The minimum absolute atomic E-state index is 0.0996. The predicted octanol–water partition coefficient (Wildman–Crippen LogP) is 3.39. The van der Waals surface area contributed by atoms with Crippen LogP contribution < -0.4 is 0 Å². The summed E-state index contributed by atoms with van der Waals surface area (Å²) >= 11 is 6.08. The fraction of sp³-hybridized carbons (Fsp3) is 0.389. The first-order valence-electron chi connectivity index (χ1n) is 8.28. The molecule has 3 rings (SSSR count). The van der Waals surface area contributed by atoms with Crippen molar-refractivity contribution >= 4 is 21.8 Å². The van der Waals surface area contributed by atoms with Crippen LogP contribution in [-0.2, 0) is 10.2 Å². The fourth-order valence-corrected chi connectivity index (χ4v) is 4.49. The predicted molar refractivity (Wildman–Crippen MR) is 101 cm³/mol. The van der Waals surface area contributed by atoms with Gasteiger partial charge in [-0.15, -0.1) is 0 Å². The van der Waals surface area contributed by atoms with E-state index in [0.29, 0.717) is 18.1 Å². The quantitative estimate of drug-likeness (QED) is 0.818. The summed E-state index contributed by atoms with van der Waals surface area (Å²) in [6, 6.07) is 13.5. The van der Waals surface area contributed by atoms with Gasteiger partial charge in [-0.25, -0.2) is 0 Å². The molecule has 0 spiro atoms. The zero-order valence-corrected chi connectivity index (χ0v) is 16.0. The molecule has 2 heterocycles. The Kier molecular flexibility index (Phi) is 5.43. The summed E-state index contributed by atoms with van der Waals surface area (Å²) in [5.41, 5.74) is 2.74. The highest BCUT2D eigenvalue weighted by Gasteiger charge is 2.31. The summed E-state index contributed by atoms with van der Waals surface area (Å²) < 4.78 is 27.6. The number of benzene rings is 1. The highest BCUT2D eigenvalue weighted by molar-refractivity contribution is 7.86. The van der Waals surface area contributed by atoms with Crippen molar-refractivity contribution in [3.05, 3.63) is 53.2 Å². The van der Waals surface area contributed by atoms with E-state index in [1.807, 2.05) is 42.5 Å². The molecule has 1 atom stereocenters. The number of halogens is 1. The average Bonchev–Trinajstić information content (AvgIpc) is 2.62. The Morgan fingerprint density at radius 3 is 2.68 bits per heavy atom. The van der Waals surface area contributed by atoms with Crippen LogP contribution in [0.15, 0.2) is 42.5 Å². The van der Waals surface area contributed by atoms with Crippen molar-refractivity contribution in [2.75, 3.05) is 27.2 Å². The molecular weight excluding hydrogens is 358 g/mol.